The van der Waals surface area contributed by atoms with Crippen molar-refractivity contribution in [3.05, 3.63) is 35.9 Å². The first kappa shape index (κ1) is 16.3. The van der Waals surface area contributed by atoms with E-state index in [-0.39, 0.29) is 6.09 Å². The standard InChI is InChI=1S/C19H27NO3/c1-2-12-22-17-13-19(14-17)8-10-20(11-9-19)18(21)23-15-16-6-4-3-5-7-16/h3-7,17H,2,8-15H2,1H3. The SMILES string of the molecule is CCCOC1CC2(CCN(C(=O)OCc3ccccc3)CC2)C1. The minimum Gasteiger partial charge on any atom is -0.445 e. The Bertz CT molecular complexity index is 501. The van der Waals surface area contributed by atoms with Crippen molar-refractivity contribution >= 4 is 6.09 Å². The van der Waals surface area contributed by atoms with Gasteiger partial charge in [0, 0.05) is 19.7 Å². The average Bonchev–Trinajstić information content (AvgIpc) is 2.57. The van der Waals surface area contributed by atoms with Gasteiger partial charge in [0.05, 0.1) is 6.10 Å². The van der Waals surface area contributed by atoms with Gasteiger partial charge in [0.15, 0.2) is 0 Å². The highest BCUT2D eigenvalue weighted by molar-refractivity contribution is 5.67. The maximum atomic E-state index is 12.2. The van der Waals surface area contributed by atoms with Crippen LogP contribution in [0.15, 0.2) is 30.3 Å². The van der Waals surface area contributed by atoms with Gasteiger partial charge in [0.1, 0.15) is 6.61 Å². The molecule has 0 aromatic heterocycles. The van der Waals surface area contributed by atoms with E-state index in [1.165, 1.54) is 12.8 Å². The number of hydrogen-bond acceptors (Lipinski definition) is 3. The highest BCUT2D eigenvalue weighted by Gasteiger charge is 2.46. The molecule has 4 nitrogen and oxygen atoms in total. The molecule has 0 unspecified atom stereocenters. The van der Waals surface area contributed by atoms with Crippen LogP contribution in [0.5, 0.6) is 0 Å². The smallest absolute Gasteiger partial charge is 0.410 e. The molecular formula is C19H27NO3. The maximum Gasteiger partial charge on any atom is 0.410 e. The molecule has 1 saturated carbocycles. The Balaban J connectivity index is 1.38. The largest absolute Gasteiger partial charge is 0.445 e. The van der Waals surface area contributed by atoms with Gasteiger partial charge in [0.25, 0.3) is 0 Å². The predicted octanol–water partition coefficient (Wildman–Crippen LogP) is 3.99. The number of nitrogens with zero attached hydrogens (tertiary/aromatic N) is 1. The summed E-state index contributed by atoms with van der Waals surface area (Å²) >= 11 is 0. The summed E-state index contributed by atoms with van der Waals surface area (Å²) < 4.78 is 11.2. The molecule has 3 rings (SSSR count). The summed E-state index contributed by atoms with van der Waals surface area (Å²) in [6, 6.07) is 9.83. The zero-order valence-electron chi connectivity index (χ0n) is 14.0. The number of piperidine rings is 1. The molecule has 1 spiro atoms. The number of carbonyl (C=O) groups is 1. The number of likely N-dealkylation sites (tertiary alicyclic amines) is 1. The molecule has 1 saturated heterocycles. The van der Waals surface area contributed by atoms with E-state index < -0.39 is 0 Å². The lowest BCUT2D eigenvalue weighted by Gasteiger charge is -2.51. The van der Waals surface area contributed by atoms with Gasteiger partial charge in [-0.25, -0.2) is 4.79 Å². The first-order valence-corrected chi connectivity index (χ1v) is 8.78. The fourth-order valence-corrected chi connectivity index (χ4v) is 3.69. The molecule has 0 atom stereocenters. The highest BCUT2D eigenvalue weighted by Crippen LogP contribution is 2.50. The Kier molecular flexibility index (Phi) is 5.21. The van der Waals surface area contributed by atoms with Gasteiger partial charge in [-0.15, -0.1) is 0 Å². The van der Waals surface area contributed by atoms with Crippen molar-refractivity contribution in [2.24, 2.45) is 5.41 Å². The lowest BCUT2D eigenvalue weighted by molar-refractivity contribution is -0.102. The zero-order valence-corrected chi connectivity index (χ0v) is 14.0. The molecule has 1 aliphatic carbocycles. The molecule has 0 N–H and O–H groups in total. The predicted molar refractivity (Wildman–Crippen MR) is 89.1 cm³/mol. The van der Waals surface area contributed by atoms with E-state index in [9.17, 15) is 4.79 Å². The van der Waals surface area contributed by atoms with Crippen molar-refractivity contribution in [3.8, 4) is 0 Å². The minimum absolute atomic E-state index is 0.179. The minimum atomic E-state index is -0.179. The van der Waals surface area contributed by atoms with Gasteiger partial charge in [-0.3, -0.25) is 0 Å². The fraction of sp³-hybridized carbons (Fsp3) is 0.632. The summed E-state index contributed by atoms with van der Waals surface area (Å²) in [5.41, 5.74) is 1.46. The van der Waals surface area contributed by atoms with E-state index >= 15 is 0 Å². The topological polar surface area (TPSA) is 38.8 Å². The second kappa shape index (κ2) is 7.35. The van der Waals surface area contributed by atoms with Crippen LogP contribution in [0.25, 0.3) is 0 Å². The number of amides is 1. The summed E-state index contributed by atoms with van der Waals surface area (Å²) in [4.78, 5) is 14.0. The number of hydrogen-bond donors (Lipinski definition) is 0. The monoisotopic (exact) mass is 317 g/mol. The van der Waals surface area contributed by atoms with Crippen LogP contribution in [0.1, 0.15) is 44.6 Å². The molecule has 0 bridgehead atoms. The average molecular weight is 317 g/mol. The van der Waals surface area contributed by atoms with Crippen LogP contribution in [0.2, 0.25) is 0 Å². The normalized spacial score (nSPS) is 20.3. The molecule has 2 aliphatic rings. The van der Waals surface area contributed by atoms with Crippen molar-refractivity contribution in [1.29, 1.82) is 0 Å². The van der Waals surface area contributed by atoms with Gasteiger partial charge in [-0.05, 0) is 43.1 Å². The summed E-state index contributed by atoms with van der Waals surface area (Å²) in [6.07, 6.45) is 5.86. The Morgan fingerprint density at radius 2 is 1.91 bits per heavy atom. The Labute approximate surface area is 138 Å². The Morgan fingerprint density at radius 1 is 1.22 bits per heavy atom. The van der Waals surface area contributed by atoms with Gasteiger partial charge < -0.3 is 14.4 Å². The molecule has 1 aromatic rings. The van der Waals surface area contributed by atoms with Crippen LogP contribution < -0.4 is 0 Å². The molecule has 1 aliphatic heterocycles. The second-order valence-electron chi connectivity index (χ2n) is 6.93. The highest BCUT2D eigenvalue weighted by atomic mass is 16.6. The van der Waals surface area contributed by atoms with E-state index in [0.717, 1.165) is 44.5 Å². The van der Waals surface area contributed by atoms with Crippen LogP contribution >= 0.6 is 0 Å². The molecular weight excluding hydrogens is 290 g/mol. The number of rotatable bonds is 5. The molecule has 23 heavy (non-hydrogen) atoms. The summed E-state index contributed by atoms with van der Waals surface area (Å²) in [5, 5.41) is 0. The van der Waals surface area contributed by atoms with Crippen LogP contribution in [-0.2, 0) is 16.1 Å². The molecule has 1 heterocycles. The molecule has 1 amide bonds. The number of ether oxygens (including phenoxy) is 2. The van der Waals surface area contributed by atoms with Gasteiger partial charge >= 0.3 is 6.09 Å². The Hall–Kier alpha value is -1.55. The Morgan fingerprint density at radius 3 is 2.57 bits per heavy atom. The van der Waals surface area contributed by atoms with E-state index in [0.29, 0.717) is 18.1 Å². The number of benzene rings is 1. The van der Waals surface area contributed by atoms with E-state index in [1.54, 1.807) is 0 Å². The van der Waals surface area contributed by atoms with Crippen molar-refractivity contribution in [2.75, 3.05) is 19.7 Å². The van der Waals surface area contributed by atoms with Gasteiger partial charge in [-0.2, -0.15) is 0 Å². The molecule has 1 aromatic carbocycles. The van der Waals surface area contributed by atoms with Crippen molar-refractivity contribution in [3.63, 3.8) is 0 Å². The maximum absolute atomic E-state index is 12.2. The molecule has 2 fully saturated rings. The van der Waals surface area contributed by atoms with Crippen molar-refractivity contribution in [1.82, 2.24) is 4.90 Å². The summed E-state index contributed by atoms with van der Waals surface area (Å²) in [6.45, 7) is 5.00. The fourth-order valence-electron chi connectivity index (χ4n) is 3.69. The number of carbonyl (C=O) groups excluding carboxylic acids is 1. The second-order valence-corrected chi connectivity index (χ2v) is 6.93. The third-order valence-corrected chi connectivity index (χ3v) is 5.17. The van der Waals surface area contributed by atoms with Crippen LogP contribution in [0.4, 0.5) is 4.79 Å². The van der Waals surface area contributed by atoms with Gasteiger partial charge in [0.2, 0.25) is 0 Å². The lowest BCUT2D eigenvalue weighted by Crippen LogP contribution is -2.51. The molecule has 126 valence electrons. The third-order valence-electron chi connectivity index (χ3n) is 5.17. The van der Waals surface area contributed by atoms with Crippen LogP contribution in [0.3, 0.4) is 0 Å². The van der Waals surface area contributed by atoms with E-state index in [4.69, 9.17) is 9.47 Å². The summed E-state index contributed by atoms with van der Waals surface area (Å²) in [7, 11) is 0. The van der Waals surface area contributed by atoms with E-state index in [2.05, 4.69) is 6.92 Å². The molecule has 4 heteroatoms. The first-order valence-electron chi connectivity index (χ1n) is 8.78. The quantitative estimate of drug-likeness (QED) is 0.824. The lowest BCUT2D eigenvalue weighted by atomic mass is 9.61. The van der Waals surface area contributed by atoms with Crippen molar-refractivity contribution in [2.45, 2.75) is 51.7 Å². The van der Waals surface area contributed by atoms with Gasteiger partial charge in [-0.1, -0.05) is 37.3 Å². The van der Waals surface area contributed by atoms with Crippen molar-refractivity contribution < 1.29 is 14.3 Å². The van der Waals surface area contributed by atoms with E-state index in [1.807, 2.05) is 35.2 Å². The zero-order chi connectivity index (χ0) is 16.1. The first-order chi connectivity index (χ1) is 11.2. The van der Waals surface area contributed by atoms with Crippen LogP contribution in [-0.4, -0.2) is 36.8 Å². The summed E-state index contributed by atoms with van der Waals surface area (Å²) in [5.74, 6) is 0. The van der Waals surface area contributed by atoms with Crippen LogP contribution in [0, 0.1) is 5.41 Å². The third kappa shape index (κ3) is 4.05. The molecule has 0 radical (unpaired) electrons.